The minimum atomic E-state index is -0.276. The number of methoxy groups -OCH3 is 1. The van der Waals surface area contributed by atoms with Crippen LogP contribution in [-0.2, 0) is 13.2 Å². The Morgan fingerprint density at radius 2 is 2.00 bits per heavy atom. The van der Waals surface area contributed by atoms with Gasteiger partial charge in [-0.25, -0.2) is 4.39 Å². The van der Waals surface area contributed by atoms with E-state index in [2.05, 4.69) is 35.1 Å². The zero-order valence-corrected chi connectivity index (χ0v) is 15.8. The van der Waals surface area contributed by atoms with Crippen molar-refractivity contribution in [1.82, 2.24) is 5.32 Å². The SMILES string of the molecule is CC[C@@H](C)NCc1cc(Br)c(OCc2ccccc2F)c(OC)c1. The third kappa shape index (κ3) is 4.95. The average molecular weight is 396 g/mol. The fourth-order valence-corrected chi connectivity index (χ4v) is 2.82. The second kappa shape index (κ2) is 9.04. The molecule has 0 aliphatic carbocycles. The van der Waals surface area contributed by atoms with Gasteiger partial charge in [-0.15, -0.1) is 0 Å². The molecule has 1 N–H and O–H groups in total. The largest absolute Gasteiger partial charge is 0.493 e. The van der Waals surface area contributed by atoms with Gasteiger partial charge in [-0.3, -0.25) is 0 Å². The summed E-state index contributed by atoms with van der Waals surface area (Å²) in [5.41, 5.74) is 1.60. The molecule has 0 spiro atoms. The van der Waals surface area contributed by atoms with E-state index in [-0.39, 0.29) is 12.4 Å². The van der Waals surface area contributed by atoms with E-state index in [1.807, 2.05) is 12.1 Å². The summed E-state index contributed by atoms with van der Waals surface area (Å²) < 4.78 is 25.7. The molecule has 0 saturated carbocycles. The highest BCUT2D eigenvalue weighted by atomic mass is 79.9. The van der Waals surface area contributed by atoms with Crippen molar-refractivity contribution in [3.05, 3.63) is 57.8 Å². The van der Waals surface area contributed by atoms with E-state index in [0.717, 1.165) is 23.0 Å². The minimum Gasteiger partial charge on any atom is -0.493 e. The predicted octanol–water partition coefficient (Wildman–Crippen LogP) is 5.06. The van der Waals surface area contributed by atoms with Gasteiger partial charge in [-0.05, 0) is 53.0 Å². The Kier molecular flexibility index (Phi) is 7.06. The number of ether oxygens (including phenoxy) is 2. The number of hydrogen-bond acceptors (Lipinski definition) is 3. The van der Waals surface area contributed by atoms with Crippen LogP contribution in [0.2, 0.25) is 0 Å². The number of benzene rings is 2. The van der Waals surface area contributed by atoms with Gasteiger partial charge in [0.15, 0.2) is 11.5 Å². The molecule has 0 aliphatic rings. The van der Waals surface area contributed by atoms with Crippen LogP contribution < -0.4 is 14.8 Å². The maximum absolute atomic E-state index is 13.7. The lowest BCUT2D eigenvalue weighted by Gasteiger charge is -2.16. The molecular formula is C19H23BrFNO2. The van der Waals surface area contributed by atoms with Gasteiger partial charge in [0.1, 0.15) is 12.4 Å². The Morgan fingerprint density at radius 3 is 2.67 bits per heavy atom. The van der Waals surface area contributed by atoms with Crippen LogP contribution in [-0.4, -0.2) is 13.2 Å². The molecular weight excluding hydrogens is 373 g/mol. The highest BCUT2D eigenvalue weighted by molar-refractivity contribution is 9.10. The van der Waals surface area contributed by atoms with E-state index in [4.69, 9.17) is 9.47 Å². The molecule has 5 heteroatoms. The smallest absolute Gasteiger partial charge is 0.175 e. The Hall–Kier alpha value is -1.59. The highest BCUT2D eigenvalue weighted by Gasteiger charge is 2.13. The summed E-state index contributed by atoms with van der Waals surface area (Å²) in [6.45, 7) is 5.19. The van der Waals surface area contributed by atoms with Crippen molar-refractivity contribution in [2.24, 2.45) is 0 Å². The third-order valence-electron chi connectivity index (χ3n) is 3.89. The topological polar surface area (TPSA) is 30.5 Å². The van der Waals surface area contributed by atoms with Crippen LogP contribution in [0.25, 0.3) is 0 Å². The molecule has 0 fully saturated rings. The molecule has 24 heavy (non-hydrogen) atoms. The Balaban J connectivity index is 2.13. The predicted molar refractivity (Wildman–Crippen MR) is 98.0 cm³/mol. The van der Waals surface area contributed by atoms with Crippen molar-refractivity contribution >= 4 is 15.9 Å². The molecule has 1 atom stereocenters. The monoisotopic (exact) mass is 395 g/mol. The van der Waals surface area contributed by atoms with Crippen LogP contribution in [0.5, 0.6) is 11.5 Å². The molecule has 2 rings (SSSR count). The zero-order valence-electron chi connectivity index (χ0n) is 14.2. The number of halogens is 2. The van der Waals surface area contributed by atoms with Crippen molar-refractivity contribution in [3.8, 4) is 11.5 Å². The Labute approximate surface area is 151 Å². The number of nitrogens with one attached hydrogen (secondary N) is 1. The maximum atomic E-state index is 13.7. The van der Waals surface area contributed by atoms with Gasteiger partial charge in [-0.1, -0.05) is 25.1 Å². The molecule has 0 radical (unpaired) electrons. The van der Waals surface area contributed by atoms with Crippen molar-refractivity contribution in [2.45, 2.75) is 39.5 Å². The van der Waals surface area contributed by atoms with Gasteiger partial charge in [0, 0.05) is 18.2 Å². The van der Waals surface area contributed by atoms with Gasteiger partial charge in [0.25, 0.3) is 0 Å². The molecule has 130 valence electrons. The summed E-state index contributed by atoms with van der Waals surface area (Å²) in [6.07, 6.45) is 1.07. The summed E-state index contributed by atoms with van der Waals surface area (Å²) >= 11 is 3.53. The highest BCUT2D eigenvalue weighted by Crippen LogP contribution is 2.37. The van der Waals surface area contributed by atoms with Crippen molar-refractivity contribution in [2.75, 3.05) is 7.11 Å². The number of hydrogen-bond donors (Lipinski definition) is 1. The second-order valence-corrected chi connectivity index (χ2v) is 6.53. The third-order valence-corrected chi connectivity index (χ3v) is 4.48. The summed E-state index contributed by atoms with van der Waals surface area (Å²) in [7, 11) is 1.60. The van der Waals surface area contributed by atoms with E-state index in [1.165, 1.54) is 6.07 Å². The molecule has 0 unspecified atom stereocenters. The quantitative estimate of drug-likeness (QED) is 0.676. The van der Waals surface area contributed by atoms with Gasteiger partial charge >= 0.3 is 0 Å². The molecule has 0 bridgehead atoms. The average Bonchev–Trinajstić information content (AvgIpc) is 2.59. The first-order valence-corrected chi connectivity index (χ1v) is 8.80. The Bertz CT molecular complexity index is 678. The molecule has 0 amide bonds. The van der Waals surface area contributed by atoms with Crippen molar-refractivity contribution < 1.29 is 13.9 Å². The van der Waals surface area contributed by atoms with Crippen LogP contribution >= 0.6 is 15.9 Å². The fourth-order valence-electron chi connectivity index (χ4n) is 2.22. The van der Waals surface area contributed by atoms with E-state index >= 15 is 0 Å². The lowest BCUT2D eigenvalue weighted by molar-refractivity contribution is 0.277. The summed E-state index contributed by atoms with van der Waals surface area (Å²) in [4.78, 5) is 0. The van der Waals surface area contributed by atoms with Crippen molar-refractivity contribution in [3.63, 3.8) is 0 Å². The zero-order chi connectivity index (χ0) is 17.5. The van der Waals surface area contributed by atoms with Crippen molar-refractivity contribution in [1.29, 1.82) is 0 Å². The van der Waals surface area contributed by atoms with Crippen LogP contribution in [0.1, 0.15) is 31.4 Å². The van der Waals surface area contributed by atoms with Crippen LogP contribution in [0.15, 0.2) is 40.9 Å². The molecule has 2 aromatic carbocycles. The lowest BCUT2D eigenvalue weighted by atomic mass is 10.1. The molecule has 0 aliphatic heterocycles. The van der Waals surface area contributed by atoms with Gasteiger partial charge in [-0.2, -0.15) is 0 Å². The van der Waals surface area contributed by atoms with Gasteiger partial charge in [0.2, 0.25) is 0 Å². The minimum absolute atomic E-state index is 0.145. The van der Waals surface area contributed by atoms with Crippen LogP contribution in [0, 0.1) is 5.82 Å². The lowest BCUT2D eigenvalue weighted by Crippen LogP contribution is -2.24. The Morgan fingerprint density at radius 1 is 1.25 bits per heavy atom. The molecule has 0 aromatic heterocycles. The van der Waals surface area contributed by atoms with Gasteiger partial charge < -0.3 is 14.8 Å². The first-order chi connectivity index (χ1) is 11.5. The standard InChI is InChI=1S/C19H23BrFNO2/c1-4-13(2)22-11-14-9-16(20)19(18(10-14)23-3)24-12-15-7-5-6-8-17(15)21/h5-10,13,22H,4,11-12H2,1-3H3/t13-/m1/s1. The summed E-state index contributed by atoms with van der Waals surface area (Å²) in [5, 5.41) is 3.45. The first-order valence-electron chi connectivity index (χ1n) is 8.01. The molecule has 2 aromatic rings. The van der Waals surface area contributed by atoms with Gasteiger partial charge in [0.05, 0.1) is 11.6 Å². The molecule has 3 nitrogen and oxygen atoms in total. The number of rotatable bonds is 8. The van der Waals surface area contributed by atoms with E-state index in [0.29, 0.717) is 23.1 Å². The fraction of sp³-hybridized carbons (Fsp3) is 0.368. The van der Waals surface area contributed by atoms with E-state index < -0.39 is 0 Å². The molecule has 0 saturated heterocycles. The van der Waals surface area contributed by atoms with E-state index in [9.17, 15) is 4.39 Å². The summed E-state index contributed by atoms with van der Waals surface area (Å²) in [5.74, 6) is 0.927. The molecule has 0 heterocycles. The maximum Gasteiger partial charge on any atom is 0.175 e. The first kappa shape index (κ1) is 18.7. The van der Waals surface area contributed by atoms with Crippen LogP contribution in [0.4, 0.5) is 4.39 Å². The van der Waals surface area contributed by atoms with Crippen LogP contribution in [0.3, 0.4) is 0 Å². The summed E-state index contributed by atoms with van der Waals surface area (Å²) in [6, 6.07) is 11.0. The van der Waals surface area contributed by atoms with E-state index in [1.54, 1.807) is 25.3 Å². The normalized spacial score (nSPS) is 12.0. The second-order valence-electron chi connectivity index (χ2n) is 5.68.